The highest BCUT2D eigenvalue weighted by atomic mass is 16.5. The molecule has 3 aromatic rings. The Kier molecular flexibility index (Phi) is 7.53. The minimum absolute atomic E-state index is 0.214. The zero-order valence-corrected chi connectivity index (χ0v) is 22.1. The summed E-state index contributed by atoms with van der Waals surface area (Å²) < 4.78 is 18.3. The number of rotatable bonds is 8. The van der Waals surface area contributed by atoms with E-state index in [1.807, 2.05) is 75.4 Å². The molecular formula is C30H32N2O5. The third-order valence-electron chi connectivity index (χ3n) is 6.39. The van der Waals surface area contributed by atoms with Crippen LogP contribution in [0.1, 0.15) is 37.7 Å². The average Bonchev–Trinajstić information content (AvgIpc) is 3.31. The summed E-state index contributed by atoms with van der Waals surface area (Å²) in [5.74, 6) is 0.696. The molecule has 192 valence electrons. The van der Waals surface area contributed by atoms with Crippen molar-refractivity contribution in [2.24, 2.45) is 0 Å². The van der Waals surface area contributed by atoms with E-state index in [-0.39, 0.29) is 18.1 Å². The number of nitrogens with zero attached hydrogens (tertiary/aromatic N) is 2. The lowest BCUT2D eigenvalue weighted by Gasteiger charge is -2.18. The highest BCUT2D eigenvalue weighted by molar-refractivity contribution is 6.23. The highest BCUT2D eigenvalue weighted by Gasteiger charge is 2.38. The molecule has 1 aromatic heterocycles. The summed E-state index contributed by atoms with van der Waals surface area (Å²) in [5, 5.41) is 0. The molecule has 0 unspecified atom stereocenters. The second kappa shape index (κ2) is 10.8. The Labute approximate surface area is 217 Å². The van der Waals surface area contributed by atoms with Gasteiger partial charge in [-0.2, -0.15) is 0 Å². The molecule has 1 aliphatic rings. The first-order chi connectivity index (χ1) is 17.8. The Balaban J connectivity index is 1.79. The number of hydrogen-bond acceptors (Lipinski definition) is 5. The Morgan fingerprint density at radius 1 is 0.892 bits per heavy atom. The maximum Gasteiger partial charge on any atom is 0.340 e. The SMILES string of the molecule is CCOC(=O)C1=C(C)N(c2ccc(OCC)cc2)C(=O)C1=Cc1cc(C)n(-c2ccc(OC)cc2)c1C. The average molecular weight is 501 g/mol. The van der Waals surface area contributed by atoms with E-state index in [4.69, 9.17) is 14.2 Å². The number of hydrogen-bond donors (Lipinski definition) is 0. The lowest BCUT2D eigenvalue weighted by atomic mass is 10.0. The zero-order chi connectivity index (χ0) is 26.7. The van der Waals surface area contributed by atoms with Crippen molar-refractivity contribution in [3.63, 3.8) is 0 Å². The summed E-state index contributed by atoms with van der Waals surface area (Å²) >= 11 is 0. The van der Waals surface area contributed by atoms with Crippen molar-refractivity contribution in [3.05, 3.63) is 88.4 Å². The van der Waals surface area contributed by atoms with E-state index < -0.39 is 5.97 Å². The summed E-state index contributed by atoms with van der Waals surface area (Å²) in [4.78, 5) is 28.3. The van der Waals surface area contributed by atoms with Gasteiger partial charge in [-0.15, -0.1) is 0 Å². The molecule has 0 aliphatic carbocycles. The molecule has 0 atom stereocenters. The maximum atomic E-state index is 13.8. The number of esters is 1. The second-order valence-electron chi connectivity index (χ2n) is 8.67. The molecule has 0 radical (unpaired) electrons. The minimum atomic E-state index is -0.517. The van der Waals surface area contributed by atoms with Crippen molar-refractivity contribution in [1.29, 1.82) is 0 Å². The summed E-state index contributed by atoms with van der Waals surface area (Å²) in [5.41, 5.74) is 5.54. The number of carbonyl (C=O) groups is 2. The van der Waals surface area contributed by atoms with Crippen molar-refractivity contribution in [1.82, 2.24) is 4.57 Å². The van der Waals surface area contributed by atoms with Crippen molar-refractivity contribution in [3.8, 4) is 17.2 Å². The molecule has 1 amide bonds. The fraction of sp³-hybridized carbons (Fsp3) is 0.267. The molecule has 7 heteroatoms. The number of aryl methyl sites for hydroxylation is 1. The molecule has 7 nitrogen and oxygen atoms in total. The van der Waals surface area contributed by atoms with E-state index in [2.05, 4.69) is 4.57 Å². The van der Waals surface area contributed by atoms with Gasteiger partial charge in [-0.05, 0) is 101 Å². The summed E-state index contributed by atoms with van der Waals surface area (Å²) in [6.07, 6.45) is 1.79. The van der Waals surface area contributed by atoms with Crippen LogP contribution in [-0.4, -0.2) is 36.8 Å². The maximum absolute atomic E-state index is 13.8. The predicted molar refractivity (Wildman–Crippen MR) is 144 cm³/mol. The number of ether oxygens (including phenoxy) is 3. The third kappa shape index (κ3) is 4.89. The molecule has 0 spiro atoms. The molecule has 2 heterocycles. The van der Waals surface area contributed by atoms with Crippen LogP contribution in [0.2, 0.25) is 0 Å². The van der Waals surface area contributed by atoms with Gasteiger partial charge in [0.25, 0.3) is 5.91 Å². The number of anilines is 1. The van der Waals surface area contributed by atoms with Crippen LogP contribution in [0.5, 0.6) is 11.5 Å². The monoisotopic (exact) mass is 500 g/mol. The van der Waals surface area contributed by atoms with Crippen molar-refractivity contribution in [2.45, 2.75) is 34.6 Å². The van der Waals surface area contributed by atoms with E-state index in [0.717, 1.165) is 28.4 Å². The van der Waals surface area contributed by atoms with Crippen LogP contribution in [0.3, 0.4) is 0 Å². The predicted octanol–water partition coefficient (Wildman–Crippen LogP) is 5.77. The lowest BCUT2D eigenvalue weighted by molar-refractivity contribution is -0.138. The smallest absolute Gasteiger partial charge is 0.340 e. The lowest BCUT2D eigenvalue weighted by Crippen LogP contribution is -2.24. The molecule has 2 aromatic carbocycles. The molecular weight excluding hydrogens is 468 g/mol. The van der Waals surface area contributed by atoms with Gasteiger partial charge in [-0.3, -0.25) is 9.69 Å². The van der Waals surface area contributed by atoms with Crippen LogP contribution >= 0.6 is 0 Å². The van der Waals surface area contributed by atoms with E-state index in [1.54, 1.807) is 31.9 Å². The first kappa shape index (κ1) is 25.8. The molecule has 1 aliphatic heterocycles. The van der Waals surface area contributed by atoms with Gasteiger partial charge < -0.3 is 18.8 Å². The van der Waals surface area contributed by atoms with E-state index in [9.17, 15) is 9.59 Å². The Hall–Kier alpha value is -4.26. The number of aromatic nitrogens is 1. The number of amides is 1. The molecule has 4 rings (SSSR count). The Morgan fingerprint density at radius 2 is 1.51 bits per heavy atom. The number of carbonyl (C=O) groups excluding carboxylic acids is 2. The van der Waals surface area contributed by atoms with E-state index >= 15 is 0 Å². The molecule has 0 saturated carbocycles. The molecule has 0 bridgehead atoms. The molecule has 0 saturated heterocycles. The van der Waals surface area contributed by atoms with Gasteiger partial charge in [-0.1, -0.05) is 0 Å². The van der Waals surface area contributed by atoms with Gasteiger partial charge in [0.2, 0.25) is 0 Å². The van der Waals surface area contributed by atoms with Gasteiger partial charge in [0.05, 0.1) is 31.5 Å². The van der Waals surface area contributed by atoms with Gasteiger partial charge in [0.1, 0.15) is 11.5 Å². The van der Waals surface area contributed by atoms with E-state index in [0.29, 0.717) is 29.3 Å². The quantitative estimate of drug-likeness (QED) is 0.290. The molecule has 0 fully saturated rings. The van der Waals surface area contributed by atoms with Crippen molar-refractivity contribution < 1.29 is 23.8 Å². The van der Waals surface area contributed by atoms with Crippen molar-refractivity contribution >= 4 is 23.6 Å². The van der Waals surface area contributed by atoms with Gasteiger partial charge in [-0.25, -0.2) is 4.79 Å². The minimum Gasteiger partial charge on any atom is -0.497 e. The van der Waals surface area contributed by atoms with Gasteiger partial charge >= 0.3 is 5.97 Å². The summed E-state index contributed by atoms with van der Waals surface area (Å²) in [7, 11) is 1.64. The number of allylic oxidation sites excluding steroid dienone is 1. The van der Waals surface area contributed by atoms with Crippen LogP contribution < -0.4 is 14.4 Å². The first-order valence-electron chi connectivity index (χ1n) is 12.3. The van der Waals surface area contributed by atoms with Crippen LogP contribution in [0.4, 0.5) is 5.69 Å². The first-order valence-corrected chi connectivity index (χ1v) is 12.3. The molecule has 0 N–H and O–H groups in total. The second-order valence-corrected chi connectivity index (χ2v) is 8.67. The van der Waals surface area contributed by atoms with Gasteiger partial charge in [0, 0.05) is 28.5 Å². The normalized spacial score (nSPS) is 14.5. The highest BCUT2D eigenvalue weighted by Crippen LogP contribution is 2.37. The number of methoxy groups -OCH3 is 1. The molecule has 37 heavy (non-hydrogen) atoms. The van der Waals surface area contributed by atoms with Crippen molar-refractivity contribution in [2.75, 3.05) is 25.2 Å². The zero-order valence-electron chi connectivity index (χ0n) is 22.1. The Morgan fingerprint density at radius 3 is 2.11 bits per heavy atom. The summed E-state index contributed by atoms with van der Waals surface area (Å²) in [6.45, 7) is 10.2. The van der Waals surface area contributed by atoms with Crippen LogP contribution in [0, 0.1) is 13.8 Å². The largest absolute Gasteiger partial charge is 0.497 e. The van der Waals surface area contributed by atoms with Gasteiger partial charge in [0.15, 0.2) is 0 Å². The fourth-order valence-electron chi connectivity index (χ4n) is 4.67. The topological polar surface area (TPSA) is 70.0 Å². The van der Waals surface area contributed by atoms with Crippen LogP contribution in [0.15, 0.2) is 71.4 Å². The van der Waals surface area contributed by atoms with Crippen LogP contribution in [-0.2, 0) is 14.3 Å². The van der Waals surface area contributed by atoms with Crippen LogP contribution in [0.25, 0.3) is 11.8 Å². The standard InChI is InChI=1S/C30H32N2O5/c1-7-36-26-15-11-24(12-16-26)32-21(5)28(30(34)37-8-2)27(29(32)33)18-22-17-19(3)31(20(22)4)23-9-13-25(35-6)14-10-23/h9-18H,7-8H2,1-6H3. The van der Waals surface area contributed by atoms with E-state index in [1.165, 1.54) is 0 Å². The fourth-order valence-corrected chi connectivity index (χ4v) is 4.67. The number of benzene rings is 2. The Bertz CT molecular complexity index is 1380. The summed E-state index contributed by atoms with van der Waals surface area (Å²) in [6, 6.07) is 17.1. The third-order valence-corrected chi connectivity index (χ3v) is 6.39.